The van der Waals surface area contributed by atoms with E-state index < -0.39 is 15.8 Å². The fourth-order valence-electron chi connectivity index (χ4n) is 4.84. The zero-order chi connectivity index (χ0) is 24.7. The maximum absolute atomic E-state index is 14.9. The Balaban J connectivity index is 1.14. The summed E-state index contributed by atoms with van der Waals surface area (Å²) in [7, 11) is -3.63. The van der Waals surface area contributed by atoms with Gasteiger partial charge in [0.15, 0.2) is 11.6 Å². The van der Waals surface area contributed by atoms with Gasteiger partial charge in [-0.25, -0.2) is 17.5 Å². The van der Waals surface area contributed by atoms with E-state index in [1.807, 2.05) is 42.5 Å². The quantitative estimate of drug-likeness (QED) is 0.357. The molecule has 0 unspecified atom stereocenters. The summed E-state index contributed by atoms with van der Waals surface area (Å²) in [5.41, 5.74) is 3.16. The van der Waals surface area contributed by atoms with Crippen molar-refractivity contribution in [1.82, 2.24) is 25.1 Å². The van der Waals surface area contributed by atoms with E-state index in [-0.39, 0.29) is 34.7 Å². The van der Waals surface area contributed by atoms with Gasteiger partial charge in [0.2, 0.25) is 15.9 Å². The van der Waals surface area contributed by atoms with Gasteiger partial charge in [0.05, 0.1) is 16.8 Å². The molecule has 1 fully saturated rings. The molecule has 9 nitrogen and oxygen atoms in total. The second kappa shape index (κ2) is 8.99. The van der Waals surface area contributed by atoms with Crippen molar-refractivity contribution in [2.24, 2.45) is 0 Å². The fourth-order valence-corrected chi connectivity index (χ4v) is 6.06. The summed E-state index contributed by atoms with van der Waals surface area (Å²) in [5, 5.41) is 18.5. The monoisotopic (exact) mass is 506 g/mol. The highest BCUT2D eigenvalue weighted by molar-refractivity contribution is 7.89. The average molecular weight is 507 g/mol. The molecule has 1 aliphatic heterocycles. The lowest BCUT2D eigenvalue weighted by Crippen LogP contribution is -2.14. The van der Waals surface area contributed by atoms with Crippen LogP contribution in [-0.2, 0) is 16.6 Å². The number of rotatable bonds is 6. The Kier molecular flexibility index (Phi) is 5.65. The van der Waals surface area contributed by atoms with Crippen LogP contribution >= 0.6 is 0 Å². The predicted octanol–water partition coefficient (Wildman–Crippen LogP) is 4.26. The molecule has 3 heterocycles. The van der Waals surface area contributed by atoms with E-state index in [9.17, 15) is 12.8 Å². The molecule has 2 atom stereocenters. The van der Waals surface area contributed by atoms with Crippen LogP contribution in [0.2, 0.25) is 0 Å². The lowest BCUT2D eigenvalue weighted by molar-refractivity contribution is 0.198. The second-order valence-electron chi connectivity index (χ2n) is 8.93. The molecule has 184 valence electrons. The average Bonchev–Trinajstić information content (AvgIpc) is 3.61. The van der Waals surface area contributed by atoms with Crippen molar-refractivity contribution < 1.29 is 17.5 Å². The van der Waals surface area contributed by atoms with Crippen LogP contribution < -0.4 is 14.8 Å². The first kappa shape index (κ1) is 22.6. The molecule has 6 rings (SSSR count). The summed E-state index contributed by atoms with van der Waals surface area (Å²) in [4.78, 5) is -0.0243. The van der Waals surface area contributed by atoms with E-state index >= 15 is 0 Å². The van der Waals surface area contributed by atoms with Crippen molar-refractivity contribution in [3.63, 3.8) is 0 Å². The third kappa shape index (κ3) is 4.20. The van der Waals surface area contributed by atoms with Gasteiger partial charge in [-0.15, -0.1) is 5.10 Å². The Labute approximate surface area is 207 Å². The molecule has 2 aliphatic rings. The number of sulfonamides is 1. The Hall–Kier alpha value is -3.83. The van der Waals surface area contributed by atoms with Crippen LogP contribution in [0.5, 0.6) is 5.88 Å². The summed E-state index contributed by atoms with van der Waals surface area (Å²) in [6.07, 6.45) is 4.19. The predicted molar refractivity (Wildman–Crippen MR) is 131 cm³/mol. The Morgan fingerprint density at radius 2 is 1.94 bits per heavy atom. The summed E-state index contributed by atoms with van der Waals surface area (Å²) >= 11 is 0. The minimum atomic E-state index is -3.63. The van der Waals surface area contributed by atoms with Gasteiger partial charge in [0.25, 0.3) is 0 Å². The molecule has 2 aromatic carbocycles. The number of nitrogens with zero attached hydrogens (tertiary/aromatic N) is 3. The normalized spacial score (nSPS) is 20.2. The smallest absolute Gasteiger partial charge is 0.241 e. The number of anilines is 2. The standard InChI is InChI=1S/C25H23FN6O3S/c26-24-19-14-28-36(33,34)22(19)9-8-20(24)29-23-13-21(30-31-23)16-6-7-17(12-16)35-25-18(10-11-27-32-25)15-4-2-1-3-5-15/h1-5,8-11,13,16-17,28H,6-7,12,14H2,(H2,29,30,31)/t16-,17+/m0/s1. The SMILES string of the molecule is O=S1(=O)NCc2c1ccc(Nc1cc([C@H]3CC[C@@H](Oc4nnccc4-c4ccccc4)C3)[nH]n1)c2F. The first-order chi connectivity index (χ1) is 17.5. The van der Waals surface area contributed by atoms with E-state index in [4.69, 9.17) is 4.74 Å². The van der Waals surface area contributed by atoms with Crippen LogP contribution in [0, 0.1) is 5.82 Å². The molecule has 0 radical (unpaired) electrons. The maximum atomic E-state index is 14.9. The number of aromatic nitrogens is 4. The molecular weight excluding hydrogens is 483 g/mol. The molecule has 1 aliphatic carbocycles. The van der Waals surface area contributed by atoms with Crippen LogP contribution in [0.1, 0.15) is 36.4 Å². The number of benzene rings is 2. The van der Waals surface area contributed by atoms with Gasteiger partial charge in [-0.2, -0.15) is 10.2 Å². The van der Waals surface area contributed by atoms with E-state index in [1.165, 1.54) is 12.1 Å². The third-order valence-electron chi connectivity index (χ3n) is 6.66. The van der Waals surface area contributed by atoms with Crippen molar-refractivity contribution in [2.45, 2.75) is 42.7 Å². The first-order valence-electron chi connectivity index (χ1n) is 11.6. The zero-order valence-electron chi connectivity index (χ0n) is 19.1. The second-order valence-corrected chi connectivity index (χ2v) is 10.7. The summed E-state index contributed by atoms with van der Waals surface area (Å²) < 4.78 is 47.3. The van der Waals surface area contributed by atoms with Crippen molar-refractivity contribution in [3.05, 3.63) is 77.9 Å². The summed E-state index contributed by atoms with van der Waals surface area (Å²) in [5.74, 6) is 0.583. The van der Waals surface area contributed by atoms with Gasteiger partial charge in [-0.05, 0) is 43.0 Å². The van der Waals surface area contributed by atoms with Gasteiger partial charge < -0.3 is 10.1 Å². The van der Waals surface area contributed by atoms with Crippen LogP contribution in [0.15, 0.2) is 65.7 Å². The molecule has 1 saturated carbocycles. The number of ether oxygens (including phenoxy) is 1. The molecular formula is C25H23FN6O3S. The van der Waals surface area contributed by atoms with E-state index in [1.54, 1.807) is 6.20 Å². The summed E-state index contributed by atoms with van der Waals surface area (Å²) in [6.45, 7) is -0.0634. The molecule has 0 bridgehead atoms. The van der Waals surface area contributed by atoms with E-state index in [0.717, 1.165) is 36.1 Å². The van der Waals surface area contributed by atoms with Gasteiger partial charge >= 0.3 is 0 Å². The molecule has 0 amide bonds. The number of H-pyrrole nitrogens is 1. The van der Waals surface area contributed by atoms with Crippen molar-refractivity contribution >= 4 is 21.5 Å². The van der Waals surface area contributed by atoms with Crippen LogP contribution in [0.25, 0.3) is 11.1 Å². The van der Waals surface area contributed by atoms with Crippen LogP contribution in [-0.4, -0.2) is 34.9 Å². The van der Waals surface area contributed by atoms with Crippen molar-refractivity contribution in [3.8, 4) is 17.0 Å². The number of aromatic amines is 1. The number of fused-ring (bicyclic) bond motifs is 1. The highest BCUT2D eigenvalue weighted by atomic mass is 32.2. The van der Waals surface area contributed by atoms with Gasteiger partial charge in [0.1, 0.15) is 6.10 Å². The van der Waals surface area contributed by atoms with Crippen molar-refractivity contribution in [1.29, 1.82) is 0 Å². The summed E-state index contributed by atoms with van der Waals surface area (Å²) in [6, 6.07) is 16.5. The number of halogens is 1. The van der Waals surface area contributed by atoms with Gasteiger partial charge in [0, 0.05) is 35.3 Å². The molecule has 4 aromatic rings. The minimum absolute atomic E-state index is 0.0162. The Bertz CT molecular complexity index is 1530. The molecule has 11 heteroatoms. The highest BCUT2D eigenvalue weighted by Crippen LogP contribution is 2.38. The van der Waals surface area contributed by atoms with E-state index in [0.29, 0.717) is 11.7 Å². The Morgan fingerprint density at radius 1 is 1.08 bits per heavy atom. The molecule has 0 spiro atoms. The van der Waals surface area contributed by atoms with Gasteiger partial charge in [-0.1, -0.05) is 30.3 Å². The third-order valence-corrected chi connectivity index (χ3v) is 8.15. The van der Waals surface area contributed by atoms with E-state index in [2.05, 4.69) is 30.4 Å². The molecule has 3 N–H and O–H groups in total. The molecule has 36 heavy (non-hydrogen) atoms. The molecule has 0 saturated heterocycles. The topological polar surface area (TPSA) is 122 Å². The maximum Gasteiger partial charge on any atom is 0.241 e. The first-order valence-corrected chi connectivity index (χ1v) is 13.1. The van der Waals surface area contributed by atoms with Crippen LogP contribution in [0.3, 0.4) is 0 Å². The highest BCUT2D eigenvalue weighted by Gasteiger charge is 2.31. The largest absolute Gasteiger partial charge is 0.473 e. The number of hydrogen-bond donors (Lipinski definition) is 3. The lowest BCUT2D eigenvalue weighted by atomic mass is 10.0. The fraction of sp³-hybridized carbons (Fsp3) is 0.240. The number of nitrogens with one attached hydrogen (secondary N) is 3. The minimum Gasteiger partial charge on any atom is -0.473 e. The van der Waals surface area contributed by atoms with Crippen LogP contribution in [0.4, 0.5) is 15.9 Å². The van der Waals surface area contributed by atoms with Crippen molar-refractivity contribution in [2.75, 3.05) is 5.32 Å². The Morgan fingerprint density at radius 3 is 2.81 bits per heavy atom. The number of hydrogen-bond acceptors (Lipinski definition) is 7. The zero-order valence-corrected chi connectivity index (χ0v) is 19.9. The molecule has 2 aromatic heterocycles. The van der Waals surface area contributed by atoms with Gasteiger partial charge in [-0.3, -0.25) is 5.10 Å². The lowest BCUT2D eigenvalue weighted by Gasteiger charge is -2.15.